The summed E-state index contributed by atoms with van der Waals surface area (Å²) in [5.41, 5.74) is 5.62. The van der Waals surface area contributed by atoms with Crippen LogP contribution in [-0.2, 0) is 28.3 Å². The van der Waals surface area contributed by atoms with Crippen molar-refractivity contribution in [2.24, 2.45) is 0 Å². The highest BCUT2D eigenvalue weighted by Gasteiger charge is 2.22. The van der Waals surface area contributed by atoms with E-state index in [4.69, 9.17) is 4.12 Å². The van der Waals surface area contributed by atoms with Crippen molar-refractivity contribution < 1.29 is 4.12 Å². The molecule has 0 atom stereocenters. The molecule has 0 unspecified atom stereocenters. The van der Waals surface area contributed by atoms with E-state index in [1.165, 1.54) is 22.3 Å². The molecule has 0 heterocycles. The third-order valence-corrected chi connectivity index (χ3v) is 12.4. The summed E-state index contributed by atoms with van der Waals surface area (Å²) >= 11 is 0. The quantitative estimate of drug-likeness (QED) is 0.294. The highest BCUT2D eigenvalue weighted by atomic mass is 28.4. The van der Waals surface area contributed by atoms with E-state index in [-0.39, 0.29) is 0 Å². The van der Waals surface area contributed by atoms with Gasteiger partial charge in [-0.15, -0.1) is 0 Å². The van der Waals surface area contributed by atoms with Gasteiger partial charge >= 0.3 is 0 Å². The fourth-order valence-corrected chi connectivity index (χ4v) is 11.3. The van der Waals surface area contributed by atoms with Crippen LogP contribution < -0.4 is 0 Å². The van der Waals surface area contributed by atoms with Crippen LogP contribution in [0.25, 0.3) is 0 Å². The molecule has 0 fully saturated rings. The van der Waals surface area contributed by atoms with Gasteiger partial charge in [-0.05, 0) is 46.4 Å². The molecule has 156 valence electrons. The summed E-state index contributed by atoms with van der Waals surface area (Å²) in [5.74, 6) is 0. The standard InChI is InChI=1S/C28H30OSi2/c1-5-13-25(14-6-1)21-30(22-26-15-7-2-8-16-26)29-31(23-27-17-9-3-10-18-27)24-28-19-11-4-12-20-28/h1-20,30-31H,21-24H2. The molecule has 4 rings (SSSR count). The van der Waals surface area contributed by atoms with E-state index in [1.54, 1.807) is 0 Å². The van der Waals surface area contributed by atoms with Crippen LogP contribution in [0, 0.1) is 0 Å². The van der Waals surface area contributed by atoms with E-state index in [0.717, 1.165) is 24.2 Å². The predicted octanol–water partition coefficient (Wildman–Crippen LogP) is 5.58. The van der Waals surface area contributed by atoms with Gasteiger partial charge in [0.05, 0.1) is 0 Å². The van der Waals surface area contributed by atoms with Gasteiger partial charge in [-0.2, -0.15) is 0 Å². The molecule has 0 aliphatic heterocycles. The van der Waals surface area contributed by atoms with Crippen LogP contribution in [0.15, 0.2) is 121 Å². The Balaban J connectivity index is 1.55. The van der Waals surface area contributed by atoms with Crippen molar-refractivity contribution in [2.75, 3.05) is 0 Å². The molecule has 0 radical (unpaired) electrons. The third kappa shape index (κ3) is 7.18. The molecule has 0 aliphatic rings. The molecule has 0 amide bonds. The van der Waals surface area contributed by atoms with Gasteiger partial charge < -0.3 is 4.12 Å². The molecular weight excluding hydrogens is 408 g/mol. The average Bonchev–Trinajstić information content (AvgIpc) is 2.82. The number of rotatable bonds is 10. The molecule has 4 aromatic carbocycles. The van der Waals surface area contributed by atoms with E-state index in [1.807, 2.05) is 0 Å². The van der Waals surface area contributed by atoms with E-state index in [2.05, 4.69) is 121 Å². The van der Waals surface area contributed by atoms with Gasteiger partial charge in [0, 0.05) is 0 Å². The zero-order valence-corrected chi connectivity index (χ0v) is 20.2. The zero-order chi connectivity index (χ0) is 21.1. The summed E-state index contributed by atoms with van der Waals surface area (Å²) in [6.07, 6.45) is 0. The molecule has 0 N–H and O–H groups in total. The average molecular weight is 439 g/mol. The third-order valence-electron chi connectivity index (χ3n) is 5.61. The summed E-state index contributed by atoms with van der Waals surface area (Å²) in [5, 5.41) is 0. The minimum Gasteiger partial charge on any atom is -0.459 e. The lowest BCUT2D eigenvalue weighted by Gasteiger charge is -2.24. The molecule has 0 saturated heterocycles. The van der Waals surface area contributed by atoms with Crippen LogP contribution in [-0.4, -0.2) is 18.1 Å². The molecule has 0 aliphatic carbocycles. The molecule has 31 heavy (non-hydrogen) atoms. The highest BCUT2D eigenvalue weighted by molar-refractivity contribution is 6.65. The van der Waals surface area contributed by atoms with Crippen LogP contribution in [0.3, 0.4) is 0 Å². The molecule has 0 bridgehead atoms. The Kier molecular flexibility index (Phi) is 8.05. The number of hydrogen-bond acceptors (Lipinski definition) is 1. The first-order valence-electron chi connectivity index (χ1n) is 11.2. The molecular formula is C28H30OSi2. The first kappa shape index (κ1) is 21.5. The molecule has 1 nitrogen and oxygen atoms in total. The van der Waals surface area contributed by atoms with Gasteiger partial charge in [0.1, 0.15) is 0 Å². The lowest BCUT2D eigenvalue weighted by molar-refractivity contribution is 0.568. The van der Waals surface area contributed by atoms with Crippen LogP contribution in [0.2, 0.25) is 0 Å². The maximum Gasteiger partial charge on any atom is 0.171 e. The van der Waals surface area contributed by atoms with E-state index in [0.29, 0.717) is 0 Å². The summed E-state index contributed by atoms with van der Waals surface area (Å²) in [6, 6.07) is 47.9. The lowest BCUT2D eigenvalue weighted by Crippen LogP contribution is -2.37. The number of benzene rings is 4. The largest absolute Gasteiger partial charge is 0.459 e. The number of hydrogen-bond donors (Lipinski definition) is 0. The fraction of sp³-hybridized carbons (Fsp3) is 0.143. The Bertz CT molecular complexity index is 840. The smallest absolute Gasteiger partial charge is 0.171 e. The van der Waals surface area contributed by atoms with Gasteiger partial charge in [-0.25, -0.2) is 0 Å². The second-order valence-electron chi connectivity index (χ2n) is 8.14. The molecule has 3 heteroatoms. The summed E-state index contributed by atoms with van der Waals surface area (Å²) < 4.78 is 7.14. The van der Waals surface area contributed by atoms with E-state index >= 15 is 0 Å². The monoisotopic (exact) mass is 438 g/mol. The minimum atomic E-state index is -1.47. The van der Waals surface area contributed by atoms with E-state index < -0.39 is 18.1 Å². The molecule has 0 aromatic heterocycles. The zero-order valence-electron chi connectivity index (χ0n) is 17.9. The Morgan fingerprint density at radius 3 is 0.806 bits per heavy atom. The van der Waals surface area contributed by atoms with Crippen LogP contribution in [0.4, 0.5) is 0 Å². The molecule has 0 saturated carbocycles. The van der Waals surface area contributed by atoms with Crippen molar-refractivity contribution in [3.63, 3.8) is 0 Å². The van der Waals surface area contributed by atoms with Crippen molar-refractivity contribution in [1.29, 1.82) is 0 Å². The summed E-state index contributed by atoms with van der Waals surface area (Å²) in [6.45, 7) is 0. The van der Waals surface area contributed by atoms with E-state index in [9.17, 15) is 0 Å². The fourth-order valence-electron chi connectivity index (χ4n) is 4.12. The van der Waals surface area contributed by atoms with Gasteiger partial charge in [0.2, 0.25) is 0 Å². The topological polar surface area (TPSA) is 9.23 Å². The Hall–Kier alpha value is -2.73. The summed E-state index contributed by atoms with van der Waals surface area (Å²) in [4.78, 5) is 0. The van der Waals surface area contributed by atoms with Crippen molar-refractivity contribution in [3.05, 3.63) is 144 Å². The minimum absolute atomic E-state index is 1.09. The van der Waals surface area contributed by atoms with Crippen LogP contribution in [0.1, 0.15) is 22.3 Å². The Labute approximate surface area is 189 Å². The van der Waals surface area contributed by atoms with Crippen molar-refractivity contribution in [2.45, 2.75) is 24.2 Å². The second-order valence-corrected chi connectivity index (χ2v) is 13.3. The van der Waals surface area contributed by atoms with Gasteiger partial charge in [-0.3, -0.25) is 0 Å². The maximum absolute atomic E-state index is 7.14. The van der Waals surface area contributed by atoms with Crippen LogP contribution in [0.5, 0.6) is 0 Å². The molecule has 0 spiro atoms. The van der Waals surface area contributed by atoms with Crippen molar-refractivity contribution in [1.82, 2.24) is 0 Å². The van der Waals surface area contributed by atoms with Gasteiger partial charge in [-0.1, -0.05) is 121 Å². The Morgan fingerprint density at radius 1 is 0.355 bits per heavy atom. The van der Waals surface area contributed by atoms with Gasteiger partial charge in [0.25, 0.3) is 0 Å². The van der Waals surface area contributed by atoms with Crippen LogP contribution >= 0.6 is 0 Å². The van der Waals surface area contributed by atoms with Crippen molar-refractivity contribution >= 4 is 18.1 Å². The second kappa shape index (κ2) is 11.6. The first-order valence-corrected chi connectivity index (χ1v) is 15.4. The molecule has 4 aromatic rings. The van der Waals surface area contributed by atoms with Crippen molar-refractivity contribution in [3.8, 4) is 0 Å². The van der Waals surface area contributed by atoms with Gasteiger partial charge in [0.15, 0.2) is 18.1 Å². The summed E-state index contributed by atoms with van der Waals surface area (Å²) in [7, 11) is -2.93. The predicted molar refractivity (Wildman–Crippen MR) is 136 cm³/mol. The Morgan fingerprint density at radius 2 is 0.581 bits per heavy atom. The normalized spacial score (nSPS) is 11.2. The SMILES string of the molecule is c1ccc(C[SiH](Cc2ccccc2)O[SiH](Cc2ccccc2)Cc2ccccc2)cc1. The lowest BCUT2D eigenvalue weighted by atomic mass is 10.2. The first-order chi connectivity index (χ1) is 15.3. The maximum atomic E-state index is 7.14. The highest BCUT2D eigenvalue weighted by Crippen LogP contribution is 2.15.